The number of esters is 3. The molecular formula is C17H17IN2O9. The van der Waals surface area contributed by atoms with Crippen molar-refractivity contribution in [3.05, 3.63) is 32.6 Å². The topological polar surface area (TPSA) is 143 Å². The number of carbonyl (C=O) groups excluding carboxylic acids is 3. The van der Waals surface area contributed by atoms with E-state index >= 15 is 0 Å². The van der Waals surface area contributed by atoms with E-state index in [0.29, 0.717) is 0 Å². The first-order valence-electron chi connectivity index (χ1n) is 8.24. The van der Waals surface area contributed by atoms with Crippen molar-refractivity contribution in [2.75, 3.05) is 6.61 Å². The van der Waals surface area contributed by atoms with E-state index in [-0.39, 0.29) is 12.2 Å². The molecule has 1 aromatic rings. The van der Waals surface area contributed by atoms with Gasteiger partial charge in [0.1, 0.15) is 18.3 Å². The second kappa shape index (κ2) is 9.70. The van der Waals surface area contributed by atoms with E-state index in [1.807, 2.05) is 0 Å². The lowest BCUT2D eigenvalue weighted by Crippen LogP contribution is -2.42. The smallest absolute Gasteiger partial charge is 0.330 e. The predicted molar refractivity (Wildman–Crippen MR) is 104 cm³/mol. The highest BCUT2D eigenvalue weighted by molar-refractivity contribution is 14.1. The number of H-pyrrole nitrogens is 1. The first-order chi connectivity index (χ1) is 13.6. The molecular weight excluding hydrogens is 503 g/mol. The van der Waals surface area contributed by atoms with Crippen molar-refractivity contribution in [1.82, 2.24) is 9.55 Å². The number of hydrogen-bond acceptors (Lipinski definition) is 9. The fourth-order valence-corrected chi connectivity index (χ4v) is 3.02. The molecule has 4 atom stereocenters. The van der Waals surface area contributed by atoms with Crippen LogP contribution in [0.2, 0.25) is 0 Å². The number of nitrogens with zero attached hydrogens (tertiary/aromatic N) is 1. The molecule has 1 fully saturated rings. The van der Waals surface area contributed by atoms with Crippen molar-refractivity contribution < 1.29 is 33.3 Å². The predicted octanol–water partition coefficient (Wildman–Crippen LogP) is -0.396. The van der Waals surface area contributed by atoms with Crippen LogP contribution >= 0.6 is 22.6 Å². The second-order valence-electron chi connectivity index (χ2n) is 5.94. The van der Waals surface area contributed by atoms with E-state index in [0.717, 1.165) is 24.6 Å². The van der Waals surface area contributed by atoms with Crippen molar-refractivity contribution >= 4 is 40.5 Å². The van der Waals surface area contributed by atoms with Gasteiger partial charge in [-0.3, -0.25) is 28.7 Å². The van der Waals surface area contributed by atoms with Crippen LogP contribution in [-0.2, 0) is 33.3 Å². The first kappa shape index (κ1) is 22.6. The van der Waals surface area contributed by atoms with Crippen LogP contribution in [0.15, 0.2) is 15.8 Å². The van der Waals surface area contributed by atoms with Crippen LogP contribution in [0, 0.1) is 9.85 Å². The lowest BCUT2D eigenvalue weighted by Gasteiger charge is -2.23. The Bertz CT molecular complexity index is 987. The van der Waals surface area contributed by atoms with Crippen LogP contribution in [0.4, 0.5) is 0 Å². The Balaban J connectivity index is 2.53. The van der Waals surface area contributed by atoms with Gasteiger partial charge in [-0.2, -0.15) is 0 Å². The van der Waals surface area contributed by atoms with Crippen molar-refractivity contribution in [3.63, 3.8) is 0 Å². The Hall–Kier alpha value is -2.66. The first-order valence-corrected chi connectivity index (χ1v) is 9.32. The van der Waals surface area contributed by atoms with E-state index in [4.69, 9.17) is 18.9 Å². The number of aromatic nitrogens is 2. The lowest BCUT2D eigenvalue weighted by atomic mass is 10.1. The van der Waals surface area contributed by atoms with Crippen LogP contribution in [-0.4, -0.2) is 52.4 Å². The highest BCUT2D eigenvalue weighted by atomic mass is 127. The quantitative estimate of drug-likeness (QED) is 0.238. The van der Waals surface area contributed by atoms with Gasteiger partial charge in [-0.15, -0.1) is 0 Å². The average molecular weight is 520 g/mol. The minimum Gasteiger partial charge on any atom is -0.463 e. The zero-order chi connectivity index (χ0) is 21.7. The average Bonchev–Trinajstić information content (AvgIpc) is 2.92. The number of ether oxygens (including phenoxy) is 4. The molecule has 1 N–H and O–H groups in total. The molecule has 0 spiro atoms. The summed E-state index contributed by atoms with van der Waals surface area (Å²) in [5.74, 6) is 0.501. The molecule has 0 amide bonds. The van der Waals surface area contributed by atoms with Gasteiger partial charge in [-0.25, -0.2) is 4.79 Å². The summed E-state index contributed by atoms with van der Waals surface area (Å²) in [4.78, 5) is 60.7. The SMILES string of the molecule is CC(=O)OC[C@H]1O[C@@H](n2cc(C#CI)c(=O)[nH]c2=O)[C@H](OC(C)=O)[C@@H]1OC(C)=O. The highest BCUT2D eigenvalue weighted by Gasteiger charge is 2.51. The Kier molecular flexibility index (Phi) is 7.57. The summed E-state index contributed by atoms with van der Waals surface area (Å²) in [5, 5.41) is 0. The normalized spacial score (nSPS) is 22.9. The van der Waals surface area contributed by atoms with Gasteiger partial charge in [-0.1, -0.05) is 0 Å². The minimum absolute atomic E-state index is 0.0309. The molecule has 1 aromatic heterocycles. The summed E-state index contributed by atoms with van der Waals surface area (Å²) in [6, 6.07) is 0. The van der Waals surface area contributed by atoms with Gasteiger partial charge in [-0.05, 0) is 9.85 Å². The maximum Gasteiger partial charge on any atom is 0.330 e. The number of carbonyl (C=O) groups is 3. The zero-order valence-electron chi connectivity index (χ0n) is 15.6. The Morgan fingerprint density at radius 1 is 1.14 bits per heavy atom. The van der Waals surface area contributed by atoms with Gasteiger partial charge in [0.25, 0.3) is 5.56 Å². The van der Waals surface area contributed by atoms with Gasteiger partial charge in [0.2, 0.25) is 0 Å². The Morgan fingerprint density at radius 3 is 2.31 bits per heavy atom. The van der Waals surface area contributed by atoms with Crippen LogP contribution in [0.1, 0.15) is 32.6 Å². The lowest BCUT2D eigenvalue weighted by molar-refractivity contribution is -0.166. The van der Waals surface area contributed by atoms with E-state index in [2.05, 4.69) is 14.8 Å². The summed E-state index contributed by atoms with van der Waals surface area (Å²) >= 11 is 1.73. The van der Waals surface area contributed by atoms with Gasteiger partial charge < -0.3 is 18.9 Å². The van der Waals surface area contributed by atoms with Crippen LogP contribution in [0.3, 0.4) is 0 Å². The van der Waals surface area contributed by atoms with E-state index in [1.165, 1.54) is 6.92 Å². The summed E-state index contributed by atoms with van der Waals surface area (Å²) in [6.45, 7) is 3.13. The Labute approximate surface area is 177 Å². The summed E-state index contributed by atoms with van der Waals surface area (Å²) in [5.41, 5.74) is -1.59. The maximum atomic E-state index is 12.4. The summed E-state index contributed by atoms with van der Waals surface area (Å²) in [6.07, 6.45) is -3.58. The molecule has 0 radical (unpaired) electrons. The van der Waals surface area contributed by atoms with Crippen molar-refractivity contribution in [2.24, 2.45) is 0 Å². The van der Waals surface area contributed by atoms with Crippen LogP contribution < -0.4 is 11.2 Å². The Morgan fingerprint density at radius 2 is 1.76 bits per heavy atom. The molecule has 29 heavy (non-hydrogen) atoms. The minimum atomic E-state index is -1.28. The monoisotopic (exact) mass is 520 g/mol. The third kappa shape index (κ3) is 5.67. The number of rotatable bonds is 5. The van der Waals surface area contributed by atoms with Gasteiger partial charge in [0.15, 0.2) is 18.4 Å². The molecule has 1 aliphatic rings. The van der Waals surface area contributed by atoms with E-state index < -0.39 is 53.7 Å². The maximum absolute atomic E-state index is 12.4. The molecule has 0 unspecified atom stereocenters. The van der Waals surface area contributed by atoms with Crippen LogP contribution in [0.25, 0.3) is 0 Å². The van der Waals surface area contributed by atoms with Crippen LogP contribution in [0.5, 0.6) is 0 Å². The van der Waals surface area contributed by atoms with E-state index in [9.17, 15) is 24.0 Å². The van der Waals surface area contributed by atoms with E-state index in [1.54, 1.807) is 22.6 Å². The summed E-state index contributed by atoms with van der Waals surface area (Å²) in [7, 11) is 0. The molecule has 0 saturated carbocycles. The standard InChI is InChI=1S/C17H17IN2O9/c1-8(21)26-7-12-13(27-9(2)22)14(28-10(3)23)16(29-12)20-6-11(4-5-18)15(24)19-17(20)25/h6,12-14,16H,7H2,1-3H3,(H,19,24,25)/t12-,13-,14-,16-/m1/s1. The molecule has 0 aromatic carbocycles. The molecule has 2 heterocycles. The van der Waals surface area contributed by atoms with Gasteiger partial charge >= 0.3 is 23.6 Å². The largest absolute Gasteiger partial charge is 0.463 e. The van der Waals surface area contributed by atoms with Crippen molar-refractivity contribution in [1.29, 1.82) is 0 Å². The molecule has 0 bridgehead atoms. The highest BCUT2D eigenvalue weighted by Crippen LogP contribution is 2.33. The molecule has 11 nitrogen and oxygen atoms in total. The van der Waals surface area contributed by atoms with Crippen molar-refractivity contribution in [3.8, 4) is 9.85 Å². The number of hydrogen-bond donors (Lipinski definition) is 1. The third-order valence-corrected chi connectivity index (χ3v) is 4.03. The molecule has 12 heteroatoms. The number of aromatic amines is 1. The molecule has 2 rings (SSSR count). The van der Waals surface area contributed by atoms with Crippen molar-refractivity contribution in [2.45, 2.75) is 45.3 Å². The summed E-state index contributed by atoms with van der Waals surface area (Å²) < 4.78 is 24.6. The van der Waals surface area contributed by atoms with Gasteiger partial charge in [0, 0.05) is 49.6 Å². The fourth-order valence-electron chi connectivity index (χ4n) is 2.73. The molecule has 0 aliphatic carbocycles. The number of halogens is 1. The van der Waals surface area contributed by atoms with Gasteiger partial charge in [0.05, 0.1) is 0 Å². The third-order valence-electron chi connectivity index (χ3n) is 3.76. The zero-order valence-corrected chi connectivity index (χ0v) is 17.8. The fraction of sp³-hybridized carbons (Fsp3) is 0.471. The molecule has 156 valence electrons. The number of nitrogens with one attached hydrogen (secondary N) is 1. The second-order valence-corrected chi connectivity index (χ2v) is 6.48. The molecule has 1 saturated heterocycles. The molecule has 1 aliphatic heterocycles.